The SMILES string of the molecule is CC(C)(C)OC(=O)NCC1CCN(C(=O)c2ccc(B3OC(C)(C)C(C)(C)O3)cc2)C1. The third-order valence-electron chi connectivity index (χ3n) is 6.19. The van der Waals surface area contributed by atoms with Gasteiger partial charge in [-0.25, -0.2) is 4.79 Å². The average Bonchev–Trinajstić information content (AvgIpc) is 3.20. The predicted octanol–water partition coefficient (Wildman–Crippen LogP) is 2.97. The highest BCUT2D eigenvalue weighted by Crippen LogP contribution is 2.36. The van der Waals surface area contributed by atoms with E-state index in [9.17, 15) is 9.59 Å². The summed E-state index contributed by atoms with van der Waals surface area (Å²) in [6.07, 6.45) is 0.434. The first-order valence-electron chi connectivity index (χ1n) is 11.0. The van der Waals surface area contributed by atoms with Crippen LogP contribution in [0.3, 0.4) is 0 Å². The molecular formula is C23H35BN2O5. The first kappa shape index (κ1) is 23.6. The van der Waals surface area contributed by atoms with E-state index in [0.717, 1.165) is 11.9 Å². The Labute approximate surface area is 185 Å². The van der Waals surface area contributed by atoms with Crippen molar-refractivity contribution in [1.29, 1.82) is 0 Å². The van der Waals surface area contributed by atoms with Crippen molar-refractivity contribution in [3.63, 3.8) is 0 Å². The largest absolute Gasteiger partial charge is 0.494 e. The van der Waals surface area contributed by atoms with Crippen molar-refractivity contribution in [2.75, 3.05) is 19.6 Å². The monoisotopic (exact) mass is 430 g/mol. The van der Waals surface area contributed by atoms with Crippen LogP contribution in [0, 0.1) is 5.92 Å². The number of hydrogen-bond donors (Lipinski definition) is 1. The van der Waals surface area contributed by atoms with E-state index < -0.39 is 30.0 Å². The van der Waals surface area contributed by atoms with E-state index in [1.807, 2.05) is 77.6 Å². The summed E-state index contributed by atoms with van der Waals surface area (Å²) in [6.45, 7) is 15.4. The molecule has 1 N–H and O–H groups in total. The van der Waals surface area contributed by atoms with Gasteiger partial charge in [-0.05, 0) is 78.4 Å². The lowest BCUT2D eigenvalue weighted by molar-refractivity contribution is 0.00578. The number of amides is 2. The number of carbonyl (C=O) groups excluding carboxylic acids is 2. The van der Waals surface area contributed by atoms with Crippen LogP contribution in [0.25, 0.3) is 0 Å². The quantitative estimate of drug-likeness (QED) is 0.744. The number of hydrogen-bond acceptors (Lipinski definition) is 5. The molecule has 0 saturated carbocycles. The molecule has 2 amide bonds. The summed E-state index contributed by atoms with van der Waals surface area (Å²) in [5.41, 5.74) is 0.222. The zero-order chi connectivity index (χ0) is 23.0. The van der Waals surface area contributed by atoms with Crippen LogP contribution in [0.1, 0.15) is 65.2 Å². The topological polar surface area (TPSA) is 77.1 Å². The van der Waals surface area contributed by atoms with Gasteiger partial charge >= 0.3 is 13.2 Å². The van der Waals surface area contributed by atoms with Crippen molar-refractivity contribution < 1.29 is 23.6 Å². The summed E-state index contributed by atoms with van der Waals surface area (Å²) >= 11 is 0. The van der Waals surface area contributed by atoms with Gasteiger partial charge < -0.3 is 24.3 Å². The molecule has 1 unspecified atom stereocenters. The number of likely N-dealkylation sites (tertiary alicyclic amines) is 1. The molecule has 1 aromatic carbocycles. The van der Waals surface area contributed by atoms with E-state index in [4.69, 9.17) is 14.0 Å². The summed E-state index contributed by atoms with van der Waals surface area (Å²) in [5.74, 6) is 0.223. The molecule has 31 heavy (non-hydrogen) atoms. The smallest absolute Gasteiger partial charge is 0.444 e. The van der Waals surface area contributed by atoms with Gasteiger partial charge in [0.25, 0.3) is 5.91 Å². The number of nitrogens with zero attached hydrogens (tertiary/aromatic N) is 1. The van der Waals surface area contributed by atoms with Gasteiger partial charge in [-0.15, -0.1) is 0 Å². The Balaban J connectivity index is 1.53. The van der Waals surface area contributed by atoms with Gasteiger partial charge in [0.05, 0.1) is 11.2 Å². The summed E-state index contributed by atoms with van der Waals surface area (Å²) < 4.78 is 17.4. The molecule has 2 heterocycles. The van der Waals surface area contributed by atoms with Crippen LogP contribution in [0.15, 0.2) is 24.3 Å². The van der Waals surface area contributed by atoms with Crippen LogP contribution in [0.5, 0.6) is 0 Å². The van der Waals surface area contributed by atoms with E-state index in [0.29, 0.717) is 25.2 Å². The van der Waals surface area contributed by atoms with Gasteiger partial charge in [-0.2, -0.15) is 0 Å². The lowest BCUT2D eigenvalue weighted by atomic mass is 9.79. The highest BCUT2D eigenvalue weighted by atomic mass is 16.7. The van der Waals surface area contributed by atoms with Crippen molar-refractivity contribution in [2.45, 2.75) is 71.7 Å². The number of ether oxygens (including phenoxy) is 1. The van der Waals surface area contributed by atoms with Gasteiger partial charge in [0.15, 0.2) is 0 Å². The Bertz CT molecular complexity index is 800. The predicted molar refractivity (Wildman–Crippen MR) is 120 cm³/mol. The van der Waals surface area contributed by atoms with Gasteiger partial charge in [0.2, 0.25) is 0 Å². The molecule has 2 aliphatic heterocycles. The van der Waals surface area contributed by atoms with Crippen molar-refractivity contribution in [1.82, 2.24) is 10.2 Å². The van der Waals surface area contributed by atoms with Crippen LogP contribution in [-0.4, -0.2) is 60.5 Å². The third kappa shape index (κ3) is 5.60. The number of alkyl carbamates (subject to hydrolysis) is 1. The molecule has 0 bridgehead atoms. The molecule has 2 aliphatic rings. The maximum absolute atomic E-state index is 12.9. The summed E-state index contributed by atoms with van der Waals surface area (Å²) in [4.78, 5) is 26.6. The second-order valence-electron chi connectivity index (χ2n) is 10.5. The fourth-order valence-corrected chi connectivity index (χ4v) is 3.67. The maximum atomic E-state index is 12.9. The zero-order valence-electron chi connectivity index (χ0n) is 19.8. The van der Waals surface area contributed by atoms with E-state index in [1.54, 1.807) is 0 Å². The molecule has 1 aromatic rings. The third-order valence-corrected chi connectivity index (χ3v) is 6.19. The minimum absolute atomic E-state index is 0.000219. The second-order valence-corrected chi connectivity index (χ2v) is 10.5. The van der Waals surface area contributed by atoms with E-state index in [2.05, 4.69) is 5.32 Å². The molecule has 0 spiro atoms. The number of benzene rings is 1. The van der Waals surface area contributed by atoms with Gasteiger partial charge in [-0.1, -0.05) is 12.1 Å². The van der Waals surface area contributed by atoms with Crippen LogP contribution in [-0.2, 0) is 14.0 Å². The van der Waals surface area contributed by atoms with Crippen LogP contribution in [0.4, 0.5) is 4.79 Å². The Morgan fingerprint density at radius 3 is 2.26 bits per heavy atom. The first-order chi connectivity index (χ1) is 14.3. The highest BCUT2D eigenvalue weighted by molar-refractivity contribution is 6.62. The molecule has 7 nitrogen and oxygen atoms in total. The van der Waals surface area contributed by atoms with Gasteiger partial charge in [-0.3, -0.25) is 4.79 Å². The lowest BCUT2D eigenvalue weighted by Gasteiger charge is -2.32. The zero-order valence-corrected chi connectivity index (χ0v) is 19.8. The summed E-state index contributed by atoms with van der Waals surface area (Å²) in [6, 6.07) is 7.45. The van der Waals surface area contributed by atoms with Crippen molar-refractivity contribution in [3.8, 4) is 0 Å². The molecule has 2 saturated heterocycles. The van der Waals surface area contributed by atoms with Gasteiger partial charge in [0.1, 0.15) is 5.60 Å². The molecule has 0 radical (unpaired) electrons. The molecule has 2 fully saturated rings. The second kappa shape index (κ2) is 8.47. The molecule has 1 atom stereocenters. The van der Waals surface area contributed by atoms with Crippen LogP contribution < -0.4 is 10.8 Å². The molecule has 170 valence electrons. The standard InChI is InChI=1S/C23H35BN2O5/c1-21(2,3)29-20(28)25-14-16-12-13-26(15-16)19(27)17-8-10-18(11-9-17)24-30-22(4,5)23(6,7)31-24/h8-11,16H,12-15H2,1-7H3,(H,25,28). The van der Waals surface area contributed by atoms with E-state index >= 15 is 0 Å². The Kier molecular flexibility index (Phi) is 6.45. The molecule has 8 heteroatoms. The summed E-state index contributed by atoms with van der Waals surface area (Å²) in [7, 11) is -0.441. The minimum Gasteiger partial charge on any atom is -0.444 e. The van der Waals surface area contributed by atoms with Crippen molar-refractivity contribution in [2.24, 2.45) is 5.92 Å². The molecule has 0 aromatic heterocycles. The lowest BCUT2D eigenvalue weighted by Crippen LogP contribution is -2.41. The Hall–Kier alpha value is -2.06. The molecular weight excluding hydrogens is 395 g/mol. The number of nitrogens with one attached hydrogen (secondary N) is 1. The van der Waals surface area contributed by atoms with Crippen LogP contribution in [0.2, 0.25) is 0 Å². The van der Waals surface area contributed by atoms with Crippen molar-refractivity contribution >= 4 is 24.6 Å². The van der Waals surface area contributed by atoms with Crippen LogP contribution >= 0.6 is 0 Å². The Morgan fingerprint density at radius 1 is 1.13 bits per heavy atom. The minimum atomic E-state index is -0.520. The average molecular weight is 430 g/mol. The van der Waals surface area contributed by atoms with Crippen molar-refractivity contribution in [3.05, 3.63) is 29.8 Å². The highest BCUT2D eigenvalue weighted by Gasteiger charge is 2.51. The fourth-order valence-electron chi connectivity index (χ4n) is 3.67. The Morgan fingerprint density at radius 2 is 1.71 bits per heavy atom. The number of rotatable bonds is 4. The van der Waals surface area contributed by atoms with Gasteiger partial charge in [0, 0.05) is 25.2 Å². The maximum Gasteiger partial charge on any atom is 0.494 e. The van der Waals surface area contributed by atoms with E-state index in [-0.39, 0.29) is 11.8 Å². The first-order valence-corrected chi connectivity index (χ1v) is 11.0. The van der Waals surface area contributed by atoms with E-state index in [1.165, 1.54) is 0 Å². The molecule has 3 rings (SSSR count). The fraction of sp³-hybridized carbons (Fsp3) is 0.652. The molecule has 0 aliphatic carbocycles. The number of carbonyl (C=O) groups is 2. The normalized spacial score (nSPS) is 22.5. The summed E-state index contributed by atoms with van der Waals surface area (Å²) in [5, 5.41) is 2.81.